The summed E-state index contributed by atoms with van der Waals surface area (Å²) in [6.45, 7) is 3.08. The molecule has 164 valence electrons. The first-order valence-electron chi connectivity index (χ1n) is 10.8. The second-order valence-corrected chi connectivity index (χ2v) is 7.91. The second-order valence-electron chi connectivity index (χ2n) is 7.91. The maximum atomic E-state index is 13.3. The molecule has 8 heteroatoms. The van der Waals surface area contributed by atoms with Gasteiger partial charge in [-0.25, -0.2) is 0 Å². The Morgan fingerprint density at radius 2 is 1.97 bits per heavy atom. The van der Waals surface area contributed by atoms with Crippen molar-refractivity contribution >= 4 is 5.91 Å². The molecule has 2 atom stereocenters. The highest BCUT2D eigenvalue weighted by atomic mass is 16.5. The molecule has 1 aromatic carbocycles. The van der Waals surface area contributed by atoms with Gasteiger partial charge in [-0.3, -0.25) is 24.6 Å². The lowest BCUT2D eigenvalue weighted by Crippen LogP contribution is -2.47. The van der Waals surface area contributed by atoms with E-state index in [0.717, 1.165) is 34.6 Å². The van der Waals surface area contributed by atoms with Crippen molar-refractivity contribution in [1.29, 1.82) is 0 Å². The molecule has 1 amide bonds. The van der Waals surface area contributed by atoms with Crippen molar-refractivity contribution in [3.05, 3.63) is 72.4 Å². The number of nitrogens with one attached hydrogen (secondary N) is 1. The van der Waals surface area contributed by atoms with Crippen LogP contribution in [0.5, 0.6) is 5.75 Å². The maximum Gasteiger partial charge on any atom is 0.242 e. The van der Waals surface area contributed by atoms with Crippen LogP contribution >= 0.6 is 0 Å². The standard InChI is InChI=1S/C24H25N5O3/c30-24(22(18-4-2-6-25-14-18)29-9-11-31-12-10-29)28-15-19-13-17-3-1-5-20(23(17)32-19)21-16-26-7-8-27-21/h1-8,14,16,19,22H,9-13,15H2,(H,28,30)/t19-,22-/m1/s1. The minimum Gasteiger partial charge on any atom is -0.487 e. The second kappa shape index (κ2) is 9.42. The summed E-state index contributed by atoms with van der Waals surface area (Å²) in [7, 11) is 0. The number of hydrogen-bond acceptors (Lipinski definition) is 7. The minimum atomic E-state index is -0.397. The molecule has 1 fully saturated rings. The molecule has 0 unspecified atom stereocenters. The average Bonchev–Trinajstić information content (AvgIpc) is 3.28. The lowest BCUT2D eigenvalue weighted by atomic mass is 10.0. The molecule has 0 spiro atoms. The third-order valence-electron chi connectivity index (χ3n) is 5.83. The predicted molar refractivity (Wildman–Crippen MR) is 118 cm³/mol. The van der Waals surface area contributed by atoms with Crippen LogP contribution in [0.2, 0.25) is 0 Å². The molecule has 0 radical (unpaired) electrons. The van der Waals surface area contributed by atoms with Crippen molar-refractivity contribution in [2.75, 3.05) is 32.8 Å². The predicted octanol–water partition coefficient (Wildman–Crippen LogP) is 2.03. The summed E-state index contributed by atoms with van der Waals surface area (Å²) in [6.07, 6.45) is 9.13. The molecular weight excluding hydrogens is 406 g/mol. The fraction of sp³-hybridized carbons (Fsp3) is 0.333. The van der Waals surface area contributed by atoms with Crippen molar-refractivity contribution in [2.24, 2.45) is 0 Å². The van der Waals surface area contributed by atoms with Gasteiger partial charge in [-0.2, -0.15) is 0 Å². The van der Waals surface area contributed by atoms with E-state index in [1.54, 1.807) is 31.0 Å². The number of aromatic nitrogens is 3. The van der Waals surface area contributed by atoms with E-state index in [1.165, 1.54) is 0 Å². The number of carbonyl (C=O) groups is 1. The molecule has 2 aliphatic rings. The summed E-state index contributed by atoms with van der Waals surface area (Å²) in [6, 6.07) is 9.46. The fourth-order valence-corrected chi connectivity index (χ4v) is 4.30. The quantitative estimate of drug-likeness (QED) is 0.639. The van der Waals surface area contributed by atoms with Gasteiger partial charge in [0, 0.05) is 49.9 Å². The average molecular weight is 431 g/mol. The van der Waals surface area contributed by atoms with Gasteiger partial charge in [0.25, 0.3) is 0 Å². The van der Waals surface area contributed by atoms with E-state index in [2.05, 4.69) is 31.2 Å². The van der Waals surface area contributed by atoms with Crippen LogP contribution < -0.4 is 10.1 Å². The monoisotopic (exact) mass is 431 g/mol. The molecule has 1 saturated heterocycles. The molecule has 8 nitrogen and oxygen atoms in total. The molecule has 3 aromatic rings. The Balaban J connectivity index is 1.28. The Morgan fingerprint density at radius 1 is 1.09 bits per heavy atom. The lowest BCUT2D eigenvalue weighted by Gasteiger charge is -2.33. The van der Waals surface area contributed by atoms with Gasteiger partial charge in [0.2, 0.25) is 5.91 Å². The van der Waals surface area contributed by atoms with E-state index in [9.17, 15) is 4.79 Å². The van der Waals surface area contributed by atoms with Crippen LogP contribution in [0.1, 0.15) is 17.2 Å². The molecule has 2 aromatic heterocycles. The summed E-state index contributed by atoms with van der Waals surface area (Å²) in [5, 5.41) is 3.11. The van der Waals surface area contributed by atoms with E-state index in [-0.39, 0.29) is 12.0 Å². The summed E-state index contributed by atoms with van der Waals surface area (Å²) < 4.78 is 11.7. The first-order valence-corrected chi connectivity index (χ1v) is 10.8. The molecule has 0 bridgehead atoms. The normalized spacial score (nSPS) is 19.1. The van der Waals surface area contributed by atoms with Crippen molar-refractivity contribution in [3.8, 4) is 17.0 Å². The van der Waals surface area contributed by atoms with Crippen molar-refractivity contribution < 1.29 is 14.3 Å². The number of morpholine rings is 1. The third-order valence-corrected chi connectivity index (χ3v) is 5.83. The SMILES string of the molecule is O=C(NC[C@H]1Cc2cccc(-c3cnccn3)c2O1)[C@@H](c1cccnc1)N1CCOCC1. The van der Waals surface area contributed by atoms with E-state index in [4.69, 9.17) is 9.47 Å². The summed E-state index contributed by atoms with van der Waals surface area (Å²) in [4.78, 5) is 28.2. The number of benzene rings is 1. The molecule has 2 aliphatic heterocycles. The van der Waals surface area contributed by atoms with Crippen LogP contribution in [-0.4, -0.2) is 64.7 Å². The van der Waals surface area contributed by atoms with Crippen LogP contribution in [0, 0.1) is 0 Å². The first kappa shape index (κ1) is 20.5. The van der Waals surface area contributed by atoms with E-state index in [1.807, 2.05) is 24.3 Å². The van der Waals surface area contributed by atoms with E-state index >= 15 is 0 Å². The van der Waals surface area contributed by atoms with Gasteiger partial charge in [-0.15, -0.1) is 0 Å². The van der Waals surface area contributed by atoms with E-state index in [0.29, 0.717) is 32.8 Å². The highest BCUT2D eigenvalue weighted by Crippen LogP contribution is 2.37. The number of amides is 1. The van der Waals surface area contributed by atoms with Gasteiger partial charge in [0.15, 0.2) is 0 Å². The molecule has 1 N–H and O–H groups in total. The smallest absolute Gasteiger partial charge is 0.242 e. The number of ether oxygens (including phenoxy) is 2. The van der Waals surface area contributed by atoms with Gasteiger partial charge in [0.1, 0.15) is 17.9 Å². The van der Waals surface area contributed by atoms with Crippen LogP contribution in [0.3, 0.4) is 0 Å². The lowest BCUT2D eigenvalue weighted by molar-refractivity contribution is -0.128. The first-order chi connectivity index (χ1) is 15.8. The Labute approximate surface area is 186 Å². The molecule has 0 saturated carbocycles. The zero-order valence-corrected chi connectivity index (χ0v) is 17.7. The zero-order chi connectivity index (χ0) is 21.8. The Morgan fingerprint density at radius 3 is 2.75 bits per heavy atom. The number of nitrogens with zero attached hydrogens (tertiary/aromatic N) is 4. The van der Waals surface area contributed by atoms with Gasteiger partial charge in [-0.05, 0) is 23.3 Å². The number of hydrogen-bond donors (Lipinski definition) is 1. The van der Waals surface area contributed by atoms with Gasteiger partial charge >= 0.3 is 0 Å². The summed E-state index contributed by atoms with van der Waals surface area (Å²) in [5.74, 6) is 0.776. The van der Waals surface area contributed by atoms with Crippen molar-refractivity contribution in [3.63, 3.8) is 0 Å². The minimum absolute atomic E-state index is 0.0476. The number of para-hydroxylation sites is 1. The van der Waals surface area contributed by atoms with E-state index < -0.39 is 6.04 Å². The topological polar surface area (TPSA) is 89.5 Å². The number of rotatable bonds is 6. The molecule has 0 aliphatic carbocycles. The van der Waals surface area contributed by atoms with Crippen molar-refractivity contribution in [1.82, 2.24) is 25.2 Å². The molecule has 4 heterocycles. The molecule has 5 rings (SSSR count). The molecular formula is C24H25N5O3. The maximum absolute atomic E-state index is 13.3. The van der Waals surface area contributed by atoms with Crippen LogP contribution in [-0.2, 0) is 16.0 Å². The zero-order valence-electron chi connectivity index (χ0n) is 17.7. The Hall–Kier alpha value is -3.36. The third kappa shape index (κ3) is 4.32. The van der Waals surface area contributed by atoms with Crippen LogP contribution in [0.25, 0.3) is 11.3 Å². The van der Waals surface area contributed by atoms with Gasteiger partial charge in [-0.1, -0.05) is 18.2 Å². The van der Waals surface area contributed by atoms with Crippen LogP contribution in [0.4, 0.5) is 0 Å². The number of pyridine rings is 1. The van der Waals surface area contributed by atoms with Crippen LogP contribution in [0.15, 0.2) is 61.3 Å². The van der Waals surface area contributed by atoms with Gasteiger partial charge in [0.05, 0.1) is 31.6 Å². The highest BCUT2D eigenvalue weighted by molar-refractivity contribution is 5.83. The Kier molecular flexibility index (Phi) is 6.04. The van der Waals surface area contributed by atoms with Crippen molar-refractivity contribution in [2.45, 2.75) is 18.6 Å². The number of carbonyl (C=O) groups excluding carboxylic acids is 1. The summed E-state index contributed by atoms with van der Waals surface area (Å²) >= 11 is 0. The van der Waals surface area contributed by atoms with Gasteiger partial charge < -0.3 is 14.8 Å². The number of fused-ring (bicyclic) bond motifs is 1. The Bertz CT molecular complexity index is 1060. The summed E-state index contributed by atoms with van der Waals surface area (Å²) in [5.41, 5.74) is 3.70. The fourth-order valence-electron chi connectivity index (χ4n) is 4.30. The largest absolute Gasteiger partial charge is 0.487 e. The highest BCUT2D eigenvalue weighted by Gasteiger charge is 2.31. The molecule has 32 heavy (non-hydrogen) atoms.